The van der Waals surface area contributed by atoms with Crippen LogP contribution in [0, 0.1) is 0 Å². The predicted octanol–water partition coefficient (Wildman–Crippen LogP) is 3.90. The summed E-state index contributed by atoms with van der Waals surface area (Å²) in [4.78, 5) is 0. The van der Waals surface area contributed by atoms with E-state index >= 15 is 0 Å². The van der Waals surface area contributed by atoms with Crippen LogP contribution in [-0.2, 0) is 13.2 Å². The van der Waals surface area contributed by atoms with Crippen molar-refractivity contribution in [3.05, 3.63) is 58.1 Å². The molecule has 0 saturated heterocycles. The van der Waals surface area contributed by atoms with Crippen LogP contribution in [0.3, 0.4) is 0 Å². The molecule has 2 N–H and O–H groups in total. The van der Waals surface area contributed by atoms with Gasteiger partial charge in [0, 0.05) is 17.6 Å². The predicted molar refractivity (Wildman–Crippen MR) is 99.5 cm³/mol. The first-order valence-electron chi connectivity index (χ1n) is 8.11. The third-order valence-electron chi connectivity index (χ3n) is 3.40. The molecule has 4 nitrogen and oxygen atoms in total. The van der Waals surface area contributed by atoms with Gasteiger partial charge in [0.25, 0.3) is 0 Å². The molecule has 0 aliphatic rings. The van der Waals surface area contributed by atoms with E-state index in [0.717, 1.165) is 21.3 Å². The summed E-state index contributed by atoms with van der Waals surface area (Å²) >= 11 is 3.59. The lowest BCUT2D eigenvalue weighted by Gasteiger charge is -2.16. The van der Waals surface area contributed by atoms with E-state index in [-0.39, 0.29) is 6.10 Å². The highest BCUT2D eigenvalue weighted by molar-refractivity contribution is 9.10. The van der Waals surface area contributed by atoms with Crippen molar-refractivity contribution in [3.8, 4) is 11.5 Å². The molecule has 0 aromatic heterocycles. The average Bonchev–Trinajstić information content (AvgIpc) is 2.57. The van der Waals surface area contributed by atoms with Crippen LogP contribution in [0.25, 0.3) is 0 Å². The molecule has 0 fully saturated rings. The van der Waals surface area contributed by atoms with Crippen molar-refractivity contribution in [2.75, 3.05) is 13.2 Å². The quantitative estimate of drug-likeness (QED) is 0.678. The number of hydrogen-bond acceptors (Lipinski definition) is 4. The van der Waals surface area contributed by atoms with Crippen molar-refractivity contribution < 1.29 is 14.6 Å². The second kappa shape index (κ2) is 9.67. The van der Waals surface area contributed by atoms with Gasteiger partial charge in [0.15, 0.2) is 11.5 Å². The van der Waals surface area contributed by atoms with Crippen LogP contribution in [0.1, 0.15) is 25.0 Å². The van der Waals surface area contributed by atoms with Gasteiger partial charge in [-0.05, 0) is 37.1 Å². The van der Waals surface area contributed by atoms with Crippen molar-refractivity contribution in [1.29, 1.82) is 0 Å². The minimum absolute atomic E-state index is 0.372. The molecule has 0 aliphatic carbocycles. The number of nitrogens with one attached hydrogen (secondary N) is 1. The van der Waals surface area contributed by atoms with Gasteiger partial charge in [0.05, 0.1) is 12.7 Å². The van der Waals surface area contributed by atoms with Gasteiger partial charge in [-0.25, -0.2) is 0 Å². The van der Waals surface area contributed by atoms with Gasteiger partial charge in [-0.15, -0.1) is 0 Å². The summed E-state index contributed by atoms with van der Waals surface area (Å²) in [5.74, 6) is 1.44. The van der Waals surface area contributed by atoms with Gasteiger partial charge in [0.2, 0.25) is 0 Å². The zero-order valence-corrected chi connectivity index (χ0v) is 15.7. The standard InChI is InChI=1S/C19H24BrNO3/c1-3-23-18-9-16(12-21-11-14(2)22)17(20)10-19(18)24-13-15-7-5-4-6-8-15/h4-10,14,21-22H,3,11-13H2,1-2H3. The Hall–Kier alpha value is -1.56. The Morgan fingerprint density at radius 2 is 1.83 bits per heavy atom. The molecule has 0 amide bonds. The Bertz CT molecular complexity index is 632. The highest BCUT2D eigenvalue weighted by atomic mass is 79.9. The highest BCUT2D eigenvalue weighted by Crippen LogP contribution is 2.34. The zero-order chi connectivity index (χ0) is 17.4. The van der Waals surface area contributed by atoms with Gasteiger partial charge in [-0.1, -0.05) is 46.3 Å². The van der Waals surface area contributed by atoms with E-state index in [0.29, 0.717) is 32.1 Å². The number of hydrogen-bond donors (Lipinski definition) is 2. The summed E-state index contributed by atoms with van der Waals surface area (Å²) in [5.41, 5.74) is 2.17. The molecule has 2 aromatic rings. The number of halogens is 1. The Morgan fingerprint density at radius 1 is 1.12 bits per heavy atom. The van der Waals surface area contributed by atoms with Crippen LogP contribution in [0.4, 0.5) is 0 Å². The summed E-state index contributed by atoms with van der Waals surface area (Å²) in [7, 11) is 0. The van der Waals surface area contributed by atoms with E-state index in [2.05, 4.69) is 21.2 Å². The first-order valence-corrected chi connectivity index (χ1v) is 8.90. The molecule has 0 bridgehead atoms. The van der Waals surface area contributed by atoms with Gasteiger partial charge in [-0.3, -0.25) is 0 Å². The Morgan fingerprint density at radius 3 is 2.50 bits per heavy atom. The number of aliphatic hydroxyl groups excluding tert-OH is 1. The van der Waals surface area contributed by atoms with Crippen LogP contribution < -0.4 is 14.8 Å². The second-order valence-corrected chi connectivity index (χ2v) is 6.43. The minimum atomic E-state index is -0.372. The number of benzene rings is 2. The lowest BCUT2D eigenvalue weighted by molar-refractivity contribution is 0.191. The molecule has 24 heavy (non-hydrogen) atoms. The van der Waals surface area contributed by atoms with Gasteiger partial charge in [0.1, 0.15) is 6.61 Å². The van der Waals surface area contributed by atoms with Gasteiger partial charge < -0.3 is 19.9 Å². The Labute approximate surface area is 151 Å². The van der Waals surface area contributed by atoms with Crippen molar-refractivity contribution in [1.82, 2.24) is 5.32 Å². The first-order chi connectivity index (χ1) is 11.6. The van der Waals surface area contributed by atoms with E-state index in [1.807, 2.05) is 49.4 Å². The topological polar surface area (TPSA) is 50.7 Å². The third-order valence-corrected chi connectivity index (χ3v) is 4.14. The second-order valence-electron chi connectivity index (χ2n) is 5.58. The molecule has 0 heterocycles. The van der Waals surface area contributed by atoms with Crippen LogP contribution >= 0.6 is 15.9 Å². The largest absolute Gasteiger partial charge is 0.490 e. The fourth-order valence-corrected chi connectivity index (χ4v) is 2.71. The van der Waals surface area contributed by atoms with E-state index in [4.69, 9.17) is 9.47 Å². The molecule has 1 atom stereocenters. The lowest BCUT2D eigenvalue weighted by atomic mass is 10.2. The smallest absolute Gasteiger partial charge is 0.162 e. The molecule has 0 radical (unpaired) electrons. The van der Waals surface area contributed by atoms with Crippen LogP contribution in [0.2, 0.25) is 0 Å². The van der Waals surface area contributed by atoms with Crippen LogP contribution in [-0.4, -0.2) is 24.4 Å². The molecule has 5 heteroatoms. The molecule has 2 aromatic carbocycles. The SMILES string of the molecule is CCOc1cc(CNCC(C)O)c(Br)cc1OCc1ccccc1. The lowest BCUT2D eigenvalue weighted by Crippen LogP contribution is -2.24. The Balaban J connectivity index is 2.10. The fourth-order valence-electron chi connectivity index (χ4n) is 2.24. The van der Waals surface area contributed by atoms with Crippen LogP contribution in [0.15, 0.2) is 46.9 Å². The summed E-state index contributed by atoms with van der Waals surface area (Å²) in [6.45, 7) is 5.96. The molecule has 2 rings (SSSR count). The van der Waals surface area contributed by atoms with Gasteiger partial charge in [-0.2, -0.15) is 0 Å². The first kappa shape index (κ1) is 18.8. The summed E-state index contributed by atoms with van der Waals surface area (Å²) in [6.07, 6.45) is -0.372. The molecule has 130 valence electrons. The normalized spacial score (nSPS) is 12.0. The molecular formula is C19H24BrNO3. The summed E-state index contributed by atoms with van der Waals surface area (Å²) in [5, 5.41) is 12.6. The van der Waals surface area contributed by atoms with Crippen molar-refractivity contribution >= 4 is 15.9 Å². The monoisotopic (exact) mass is 393 g/mol. The van der Waals surface area contributed by atoms with Gasteiger partial charge >= 0.3 is 0 Å². The van der Waals surface area contributed by atoms with Crippen molar-refractivity contribution in [2.45, 2.75) is 33.1 Å². The molecular weight excluding hydrogens is 370 g/mol. The number of aliphatic hydroxyl groups is 1. The molecule has 0 spiro atoms. The van der Waals surface area contributed by atoms with Crippen LogP contribution in [0.5, 0.6) is 11.5 Å². The summed E-state index contributed by atoms with van der Waals surface area (Å²) in [6, 6.07) is 14.0. The Kier molecular flexibility index (Phi) is 7.56. The molecule has 0 saturated carbocycles. The fraction of sp³-hybridized carbons (Fsp3) is 0.368. The maximum atomic E-state index is 9.34. The van der Waals surface area contributed by atoms with E-state index in [1.54, 1.807) is 6.92 Å². The van der Waals surface area contributed by atoms with Crippen molar-refractivity contribution in [3.63, 3.8) is 0 Å². The maximum Gasteiger partial charge on any atom is 0.162 e. The molecule has 0 aliphatic heterocycles. The van der Waals surface area contributed by atoms with E-state index < -0.39 is 0 Å². The highest BCUT2D eigenvalue weighted by Gasteiger charge is 2.11. The zero-order valence-electron chi connectivity index (χ0n) is 14.1. The minimum Gasteiger partial charge on any atom is -0.490 e. The molecule has 1 unspecified atom stereocenters. The number of ether oxygens (including phenoxy) is 2. The average molecular weight is 394 g/mol. The summed E-state index contributed by atoms with van der Waals surface area (Å²) < 4.78 is 12.6. The van der Waals surface area contributed by atoms with Crippen molar-refractivity contribution in [2.24, 2.45) is 0 Å². The maximum absolute atomic E-state index is 9.34. The van der Waals surface area contributed by atoms with E-state index in [9.17, 15) is 5.11 Å². The third kappa shape index (κ3) is 5.82. The number of rotatable bonds is 9. The van der Waals surface area contributed by atoms with E-state index in [1.165, 1.54) is 0 Å².